The topological polar surface area (TPSA) is 0 Å². The molecule has 0 N–H and O–H groups in total. The molecule has 666 valence electrons. The van der Waals surface area contributed by atoms with Gasteiger partial charge in [-0.15, -0.1) is 0 Å². The van der Waals surface area contributed by atoms with E-state index in [1.807, 2.05) is 0 Å². The van der Waals surface area contributed by atoms with Crippen LogP contribution in [-0.4, -0.2) is 0 Å². The average Bonchev–Trinajstić information content (AvgIpc) is 1.60. The summed E-state index contributed by atoms with van der Waals surface area (Å²) >= 11 is 0. The Morgan fingerprint density at radius 2 is 0.489 bits per heavy atom. The monoisotopic (exact) mass is 1730 g/mol. The fraction of sp³-hybridized carbons (Fsp3) is 0.248. The summed E-state index contributed by atoms with van der Waals surface area (Å²) in [5.74, 6) is 2.31. The summed E-state index contributed by atoms with van der Waals surface area (Å²) in [6, 6.07) is 121. The molecule has 0 bridgehead atoms. The van der Waals surface area contributed by atoms with Crippen molar-refractivity contribution in [3.63, 3.8) is 0 Å². The first kappa shape index (κ1) is 91.9. The lowest BCUT2D eigenvalue weighted by molar-refractivity contribution is 0.171. The van der Waals surface area contributed by atoms with E-state index in [-0.39, 0.29) is 0 Å². The molecule has 0 atom stereocenters. The van der Waals surface area contributed by atoms with Gasteiger partial charge in [-0.05, 0) is 299 Å². The predicted octanol–water partition coefficient (Wildman–Crippen LogP) is 36.1. The lowest BCUT2D eigenvalue weighted by atomic mass is 9.71. The Kier molecular flexibility index (Phi) is 33.8. The van der Waals surface area contributed by atoms with E-state index < -0.39 is 0 Å². The number of hydrogen-bond donors (Lipinski definition) is 0. The van der Waals surface area contributed by atoms with Crippen molar-refractivity contribution in [3.8, 4) is 22.3 Å². The summed E-state index contributed by atoms with van der Waals surface area (Å²) in [7, 11) is 0. The molecule has 3 fully saturated rings. The first-order valence-electron chi connectivity index (χ1n) is 50.5. The van der Waals surface area contributed by atoms with Gasteiger partial charge in [0.05, 0.1) is 0 Å². The van der Waals surface area contributed by atoms with Gasteiger partial charge >= 0.3 is 0 Å². The summed E-state index contributed by atoms with van der Waals surface area (Å²) in [6.07, 6.45) is 72.4. The zero-order valence-corrected chi connectivity index (χ0v) is 78.5. The minimum Gasteiger partial charge on any atom is -0.0808 e. The third-order valence-electron chi connectivity index (χ3n) is 28.8. The first-order chi connectivity index (χ1) is 66.0. The SMILES string of the molecule is C1=CC2=C(C1)CC=C2.C1=CC2=C(C=CC2)C1.C1=CCC=C1.C1=Cc2ccccc2C1.C1CCC2CCCCC2C1.C1CCCC1.c1ccc2c(c1)CCC2.c1ccc2c(c1)CCCC2.c1ccc2c(c1)CCc1ccccc1-2.c1ccc2c(c1)Cc1ccccc1-2.c1ccc2c(c1)Cc1ccccc1C2.c1ccc2c(c1)ccc1ccccc12.c1ccc2cc3ccccc3cc2c1. The van der Waals surface area contributed by atoms with E-state index in [2.05, 4.69) is 425 Å². The van der Waals surface area contributed by atoms with E-state index in [1.165, 1.54) is 279 Å². The van der Waals surface area contributed by atoms with Crippen molar-refractivity contribution in [1.29, 1.82) is 0 Å². The summed E-state index contributed by atoms with van der Waals surface area (Å²) in [6.45, 7) is 0. The molecule has 29 rings (SSSR count). The maximum atomic E-state index is 2.26. The fourth-order valence-electron chi connectivity index (χ4n) is 21.5. The summed E-state index contributed by atoms with van der Waals surface area (Å²) in [4.78, 5) is 0. The summed E-state index contributed by atoms with van der Waals surface area (Å²) in [5, 5.41) is 10.5. The van der Waals surface area contributed by atoms with Crippen LogP contribution in [0.3, 0.4) is 0 Å². The third-order valence-corrected chi connectivity index (χ3v) is 28.8. The van der Waals surface area contributed by atoms with Gasteiger partial charge in [0.2, 0.25) is 0 Å². The minimum atomic E-state index is 1.10. The molecule has 133 heavy (non-hydrogen) atoms. The lowest BCUT2D eigenvalue weighted by Gasteiger charge is -2.35. The van der Waals surface area contributed by atoms with Gasteiger partial charge in [-0.25, -0.2) is 0 Å². The second-order valence-corrected chi connectivity index (χ2v) is 37.6. The molecule has 15 aromatic rings. The zero-order chi connectivity index (χ0) is 89.9. The van der Waals surface area contributed by atoms with Crippen LogP contribution < -0.4 is 0 Å². The second kappa shape index (κ2) is 48.9. The molecule has 0 nitrogen and oxygen atoms in total. The molecule has 0 aromatic heterocycles. The highest BCUT2D eigenvalue weighted by Crippen LogP contribution is 2.42. The van der Waals surface area contributed by atoms with E-state index in [0.29, 0.717) is 0 Å². The molecular formula is C133H134. The van der Waals surface area contributed by atoms with Crippen LogP contribution in [-0.2, 0) is 64.2 Å². The molecular weight excluding hydrogens is 1600 g/mol. The molecule has 0 saturated heterocycles. The zero-order valence-electron chi connectivity index (χ0n) is 78.5. The van der Waals surface area contributed by atoms with Crippen LogP contribution in [0.15, 0.2) is 441 Å². The van der Waals surface area contributed by atoms with Gasteiger partial charge in [0.15, 0.2) is 0 Å². The molecule has 0 aliphatic heterocycles. The van der Waals surface area contributed by atoms with Crippen molar-refractivity contribution in [2.45, 2.75) is 199 Å². The van der Waals surface area contributed by atoms with Crippen LogP contribution in [0.4, 0.5) is 0 Å². The number of fused-ring (bicyclic) bond motifs is 17. The number of benzene rings is 15. The number of rotatable bonds is 0. The summed E-state index contributed by atoms with van der Waals surface area (Å²) in [5.41, 5.74) is 32.8. The van der Waals surface area contributed by atoms with Crippen molar-refractivity contribution in [2.24, 2.45) is 11.8 Å². The highest BCUT2D eigenvalue weighted by Gasteiger charge is 2.27. The van der Waals surface area contributed by atoms with Crippen LogP contribution in [0.25, 0.3) is 71.4 Å². The maximum Gasteiger partial charge on any atom is -0.00135 e. The maximum absolute atomic E-state index is 2.26. The fourth-order valence-corrected chi connectivity index (χ4v) is 21.5. The van der Waals surface area contributed by atoms with Crippen molar-refractivity contribution < 1.29 is 0 Å². The smallest absolute Gasteiger partial charge is 0.00135 e. The van der Waals surface area contributed by atoms with Crippen molar-refractivity contribution >= 4 is 49.2 Å². The molecule has 0 heterocycles. The van der Waals surface area contributed by atoms with Gasteiger partial charge in [-0.3, -0.25) is 0 Å². The van der Waals surface area contributed by atoms with Gasteiger partial charge in [0, 0.05) is 0 Å². The predicted molar refractivity (Wildman–Crippen MR) is 575 cm³/mol. The highest BCUT2D eigenvalue weighted by atomic mass is 14.3. The van der Waals surface area contributed by atoms with Crippen LogP contribution in [0.1, 0.15) is 213 Å². The van der Waals surface area contributed by atoms with E-state index in [0.717, 1.165) is 43.9 Å². The molecule has 14 aliphatic carbocycles. The average molecular weight is 1730 g/mol. The first-order valence-corrected chi connectivity index (χ1v) is 50.5. The molecule has 0 amide bonds. The highest BCUT2D eigenvalue weighted by molar-refractivity contribution is 6.07. The Hall–Kier alpha value is -13.0. The largest absolute Gasteiger partial charge is 0.0808 e. The van der Waals surface area contributed by atoms with Gasteiger partial charge in [0.25, 0.3) is 0 Å². The van der Waals surface area contributed by atoms with E-state index in [4.69, 9.17) is 0 Å². The van der Waals surface area contributed by atoms with Crippen molar-refractivity contribution in [3.05, 3.63) is 519 Å². The molecule has 0 heteroatoms. The van der Waals surface area contributed by atoms with E-state index in [1.54, 1.807) is 53.5 Å². The summed E-state index contributed by atoms with van der Waals surface area (Å²) < 4.78 is 0. The van der Waals surface area contributed by atoms with Gasteiger partial charge < -0.3 is 0 Å². The molecule has 15 aromatic carbocycles. The third kappa shape index (κ3) is 25.9. The number of hydrogen-bond acceptors (Lipinski definition) is 0. The van der Waals surface area contributed by atoms with Gasteiger partial charge in [-0.2, -0.15) is 0 Å². The quantitative estimate of drug-likeness (QED) is 0.105. The van der Waals surface area contributed by atoms with Crippen molar-refractivity contribution in [2.75, 3.05) is 0 Å². The normalized spacial score (nSPS) is 16.9. The standard InChI is InChI=1S/C14H12.C14H10.C14H12.C14H10.C13H10.C10H18.C10H12.C9H10.C9H8.2C8H8.C5H10.C5H6/c2*1-3-7-13-11(5-1)9-10-12-6-2-4-8-14(12)13;2*1-2-6-12-10-14-8-4-3-7-13(14)9-11(12)5-1;1-3-7-12-10(5-1)9-11-6-2-4-8-13(11)12;2*1-2-6-10-8-4-3-7-9(10)5-1;2*1-2-5-9-7-3-6-8(9)4-1;2*1-3-7-5-2-6-8(7)4-1;2*1-2-4-5-3-1/h1-8H,9-10H2;1-10H;1-8H,9-10H2;1-10H;1-8H,9H2;9-10H,1-8H2;1-2,5-6H,3-4,7-8H2;1-2,4-5H,3,6-7H2;1-6H,7H2;1-3,6H,4-5H2;1-3,5H,4,6H2;1-5H2;1-4H,5H2. The minimum absolute atomic E-state index is 1.10. The van der Waals surface area contributed by atoms with Crippen LogP contribution >= 0.6 is 0 Å². The number of aryl methyl sites for hydroxylation is 6. The molecule has 3 saturated carbocycles. The van der Waals surface area contributed by atoms with Crippen LogP contribution in [0, 0.1) is 11.8 Å². The Labute approximate surface area is 795 Å². The van der Waals surface area contributed by atoms with E-state index >= 15 is 0 Å². The Morgan fingerprint density at radius 3 is 0.865 bits per heavy atom. The number of allylic oxidation sites excluding steroid dienone is 17. The van der Waals surface area contributed by atoms with E-state index in [9.17, 15) is 0 Å². The van der Waals surface area contributed by atoms with Gasteiger partial charge in [0.1, 0.15) is 0 Å². The lowest BCUT2D eigenvalue weighted by Crippen LogP contribution is -2.22. The second-order valence-electron chi connectivity index (χ2n) is 37.6. The molecule has 0 radical (unpaired) electrons. The Bertz CT molecular complexity index is 6140. The Balaban J connectivity index is 0.000000101. The molecule has 0 unspecified atom stereocenters. The Morgan fingerprint density at radius 1 is 0.188 bits per heavy atom. The van der Waals surface area contributed by atoms with Gasteiger partial charge in [-0.1, -0.05) is 502 Å². The van der Waals surface area contributed by atoms with Crippen LogP contribution in [0.2, 0.25) is 0 Å². The van der Waals surface area contributed by atoms with Crippen molar-refractivity contribution in [1.82, 2.24) is 0 Å². The molecule has 14 aliphatic rings. The van der Waals surface area contributed by atoms with Crippen LogP contribution in [0.5, 0.6) is 0 Å². The molecule has 0 spiro atoms.